The Morgan fingerprint density at radius 3 is 2.76 bits per heavy atom. The molecule has 0 fully saturated rings. The van der Waals surface area contributed by atoms with Crippen molar-refractivity contribution in [2.24, 2.45) is 4.99 Å². The monoisotopic (exact) mass is 384 g/mol. The van der Waals surface area contributed by atoms with Gasteiger partial charge in [-0.15, -0.1) is 10.2 Å². The number of aromatic nitrogens is 4. The van der Waals surface area contributed by atoms with Crippen LogP contribution >= 0.6 is 0 Å². The lowest BCUT2D eigenvalue weighted by Gasteiger charge is -2.24. The molecule has 0 saturated carbocycles. The topological polar surface area (TPSA) is 76.7 Å². The van der Waals surface area contributed by atoms with E-state index in [1.54, 1.807) is 10.9 Å². The summed E-state index contributed by atoms with van der Waals surface area (Å²) in [6.07, 6.45) is 0.914. The molecule has 2 aromatic heterocycles. The van der Waals surface area contributed by atoms with Crippen LogP contribution < -0.4 is 5.32 Å². The molecule has 2 unspecified atom stereocenters. The number of hydrogen-bond acceptors (Lipinski definition) is 6. The first-order valence-corrected chi connectivity index (χ1v) is 9.51. The summed E-state index contributed by atoms with van der Waals surface area (Å²) in [4.78, 5) is 4.46. The van der Waals surface area contributed by atoms with E-state index in [2.05, 4.69) is 39.6 Å². The van der Waals surface area contributed by atoms with Crippen LogP contribution in [0.1, 0.15) is 36.2 Å². The van der Waals surface area contributed by atoms with E-state index in [0.29, 0.717) is 11.5 Å². The first-order valence-electron chi connectivity index (χ1n) is 9.51. The lowest BCUT2D eigenvalue weighted by molar-refractivity contribution is -0.00525. The number of rotatable bonds is 4. The number of aryl methyl sites for hydroxylation is 1. The zero-order valence-corrected chi connectivity index (χ0v) is 16.1. The summed E-state index contributed by atoms with van der Waals surface area (Å²) in [6, 6.07) is 20.1. The number of ether oxygens (including phenoxy) is 1. The fourth-order valence-corrected chi connectivity index (χ4v) is 3.45. The van der Waals surface area contributed by atoms with Crippen LogP contribution in [0, 0.1) is 6.92 Å². The second kappa shape index (κ2) is 7.10. The molecule has 144 valence electrons. The number of fused-ring (bicyclic) bond motifs is 2. The Kier molecular flexibility index (Phi) is 4.29. The van der Waals surface area contributed by atoms with Gasteiger partial charge in [-0.3, -0.25) is 0 Å². The van der Waals surface area contributed by atoms with E-state index in [4.69, 9.17) is 9.84 Å². The third kappa shape index (κ3) is 3.25. The van der Waals surface area contributed by atoms with Gasteiger partial charge in [0.1, 0.15) is 6.10 Å². The molecule has 7 heteroatoms. The number of aliphatic imine (C=N–C) groups is 1. The predicted molar refractivity (Wildman–Crippen MR) is 112 cm³/mol. The van der Waals surface area contributed by atoms with Crippen molar-refractivity contribution in [1.82, 2.24) is 19.8 Å². The zero-order chi connectivity index (χ0) is 19.8. The van der Waals surface area contributed by atoms with Crippen molar-refractivity contribution in [2.45, 2.75) is 26.2 Å². The highest BCUT2D eigenvalue weighted by molar-refractivity contribution is 5.80. The third-order valence-electron chi connectivity index (χ3n) is 4.96. The van der Waals surface area contributed by atoms with Gasteiger partial charge < -0.3 is 10.1 Å². The van der Waals surface area contributed by atoms with E-state index in [0.717, 1.165) is 22.5 Å². The maximum atomic E-state index is 6.25. The number of benzene rings is 2. The minimum atomic E-state index is -0.411. The van der Waals surface area contributed by atoms with E-state index in [1.807, 2.05) is 55.5 Å². The Bertz CT molecular complexity index is 1200. The highest BCUT2D eigenvalue weighted by Crippen LogP contribution is 2.34. The van der Waals surface area contributed by atoms with Crippen LogP contribution in [-0.2, 0) is 4.74 Å². The summed E-state index contributed by atoms with van der Waals surface area (Å²) in [6.45, 7) is 4.00. The van der Waals surface area contributed by atoms with Crippen LogP contribution in [-0.4, -0.2) is 26.1 Å². The molecule has 1 N–H and O–H groups in total. The second-order valence-corrected chi connectivity index (χ2v) is 7.06. The van der Waals surface area contributed by atoms with E-state index in [9.17, 15) is 0 Å². The Balaban J connectivity index is 1.47. The van der Waals surface area contributed by atoms with Crippen molar-refractivity contribution >= 4 is 17.7 Å². The van der Waals surface area contributed by atoms with Crippen LogP contribution in [0.4, 0.5) is 5.69 Å². The molecule has 0 radical (unpaired) electrons. The Morgan fingerprint density at radius 2 is 1.90 bits per heavy atom. The average Bonchev–Trinajstić information content (AvgIpc) is 3.18. The summed E-state index contributed by atoms with van der Waals surface area (Å²) in [7, 11) is 0. The van der Waals surface area contributed by atoms with Gasteiger partial charge in [0.2, 0.25) is 0 Å². The highest BCUT2D eigenvalue weighted by atomic mass is 16.5. The molecule has 4 aromatic rings. The van der Waals surface area contributed by atoms with Gasteiger partial charge in [0, 0.05) is 16.8 Å². The Hall–Kier alpha value is -3.58. The van der Waals surface area contributed by atoms with Crippen LogP contribution in [0.2, 0.25) is 0 Å². The van der Waals surface area contributed by atoms with Crippen molar-refractivity contribution in [3.63, 3.8) is 0 Å². The normalized spacial score (nSPS) is 16.4. The van der Waals surface area contributed by atoms with Gasteiger partial charge in [0.25, 0.3) is 0 Å². The van der Waals surface area contributed by atoms with Crippen molar-refractivity contribution in [3.8, 4) is 11.3 Å². The van der Waals surface area contributed by atoms with E-state index in [1.165, 1.54) is 5.56 Å². The van der Waals surface area contributed by atoms with Gasteiger partial charge in [-0.25, -0.2) is 4.99 Å². The van der Waals surface area contributed by atoms with Gasteiger partial charge in [-0.2, -0.15) is 9.61 Å². The molecule has 0 bridgehead atoms. The highest BCUT2D eigenvalue weighted by Gasteiger charge is 2.24. The molecule has 2 atom stereocenters. The molecule has 29 heavy (non-hydrogen) atoms. The zero-order valence-electron chi connectivity index (χ0n) is 16.1. The van der Waals surface area contributed by atoms with Gasteiger partial charge >= 0.3 is 0 Å². The van der Waals surface area contributed by atoms with Gasteiger partial charge in [-0.05, 0) is 37.6 Å². The molecular weight excluding hydrogens is 364 g/mol. The van der Waals surface area contributed by atoms with Crippen LogP contribution in [0.3, 0.4) is 0 Å². The van der Waals surface area contributed by atoms with E-state index in [-0.39, 0.29) is 6.10 Å². The first-order chi connectivity index (χ1) is 14.2. The quantitative estimate of drug-likeness (QED) is 0.567. The Labute approximate surface area is 168 Å². The summed E-state index contributed by atoms with van der Waals surface area (Å²) in [5.41, 5.74) is 5.76. The molecule has 1 aliphatic heterocycles. The number of hydrogen-bond donors (Lipinski definition) is 1. The molecule has 2 aromatic carbocycles. The molecule has 0 aliphatic carbocycles. The fraction of sp³-hybridized carbons (Fsp3) is 0.182. The van der Waals surface area contributed by atoms with Crippen LogP contribution in [0.5, 0.6) is 0 Å². The maximum absolute atomic E-state index is 6.25. The van der Waals surface area contributed by atoms with Crippen molar-refractivity contribution in [1.29, 1.82) is 0 Å². The number of nitrogens with one attached hydrogen (secondary N) is 1. The fourth-order valence-electron chi connectivity index (χ4n) is 3.45. The van der Waals surface area contributed by atoms with Gasteiger partial charge in [0.05, 0.1) is 12.0 Å². The van der Waals surface area contributed by atoms with Gasteiger partial charge in [0.15, 0.2) is 17.7 Å². The minimum absolute atomic E-state index is 0.349. The van der Waals surface area contributed by atoms with E-state index >= 15 is 0 Å². The number of anilines is 1. The summed E-state index contributed by atoms with van der Waals surface area (Å²) in [5.74, 6) is 0.639. The first kappa shape index (κ1) is 17.5. The molecular formula is C22H20N6O. The summed E-state index contributed by atoms with van der Waals surface area (Å²) >= 11 is 0. The smallest absolute Gasteiger partial charge is 0.183 e. The van der Waals surface area contributed by atoms with Crippen molar-refractivity contribution in [2.75, 3.05) is 5.32 Å². The molecule has 0 spiro atoms. The van der Waals surface area contributed by atoms with Crippen molar-refractivity contribution in [3.05, 3.63) is 77.6 Å². The average molecular weight is 384 g/mol. The molecule has 5 rings (SSSR count). The molecule has 0 saturated heterocycles. The lowest BCUT2D eigenvalue weighted by Crippen LogP contribution is -2.16. The van der Waals surface area contributed by atoms with Gasteiger partial charge in [-0.1, -0.05) is 42.5 Å². The Morgan fingerprint density at radius 1 is 1.03 bits per heavy atom. The maximum Gasteiger partial charge on any atom is 0.183 e. The largest absolute Gasteiger partial charge is 0.346 e. The second-order valence-electron chi connectivity index (χ2n) is 7.06. The molecule has 7 nitrogen and oxygen atoms in total. The third-order valence-corrected chi connectivity index (χ3v) is 4.96. The van der Waals surface area contributed by atoms with Crippen LogP contribution in [0.15, 0.2) is 65.7 Å². The summed E-state index contributed by atoms with van der Waals surface area (Å²) in [5, 5.41) is 16.5. The van der Waals surface area contributed by atoms with Crippen LogP contribution in [0.25, 0.3) is 16.9 Å². The SMILES string of the molecule is Cc1ccc2c(c1)NC=NC2OC(C)c1nnc2ccc(-c3ccccc3)nn12. The standard InChI is InChI=1S/C22H20N6O/c1-14-8-9-17-19(12-14)23-13-24-22(17)29-15(2)21-26-25-20-11-10-18(27-28(20)21)16-6-4-3-5-7-16/h3-13,15,22H,1-2H3,(H,23,24). The number of nitrogens with zero attached hydrogens (tertiary/aromatic N) is 5. The molecule has 3 heterocycles. The van der Waals surface area contributed by atoms with E-state index < -0.39 is 6.23 Å². The molecule has 1 aliphatic rings. The lowest BCUT2D eigenvalue weighted by atomic mass is 10.1. The minimum Gasteiger partial charge on any atom is -0.346 e. The molecule has 0 amide bonds. The van der Waals surface area contributed by atoms with Crippen molar-refractivity contribution < 1.29 is 4.74 Å². The summed E-state index contributed by atoms with van der Waals surface area (Å²) < 4.78 is 8.00. The predicted octanol–water partition coefficient (Wildman–Crippen LogP) is 4.33.